The van der Waals surface area contributed by atoms with Crippen molar-refractivity contribution in [3.05, 3.63) is 0 Å². The van der Waals surface area contributed by atoms with Gasteiger partial charge in [0.05, 0.1) is 0 Å². The lowest BCUT2D eigenvalue weighted by molar-refractivity contribution is 0.306. The SMILES string of the molecule is CCN(C)[P+](N1CCCC1)(N1CCCC1)N1CCCC1. The highest BCUT2D eigenvalue weighted by Crippen LogP contribution is 2.71. The molecule has 0 aromatic carbocycles. The maximum atomic E-state index is 2.90. The summed E-state index contributed by atoms with van der Waals surface area (Å²) < 4.78 is 11.4. The third-order valence-electron chi connectivity index (χ3n) is 5.30. The molecule has 0 aromatic rings. The minimum absolute atomic E-state index is 1.18. The van der Waals surface area contributed by atoms with Gasteiger partial charge in [-0.05, 0) is 45.4 Å². The van der Waals surface area contributed by atoms with Crippen molar-refractivity contribution < 1.29 is 0 Å². The van der Waals surface area contributed by atoms with E-state index in [9.17, 15) is 0 Å². The molecule has 20 heavy (non-hydrogen) atoms. The third-order valence-corrected chi connectivity index (χ3v) is 9.98. The minimum atomic E-state index is -1.40. The normalized spacial score (nSPS) is 27.1. The largest absolute Gasteiger partial charge is 0.308 e. The van der Waals surface area contributed by atoms with Gasteiger partial charge in [0.25, 0.3) is 0 Å². The number of hydrogen-bond donors (Lipinski definition) is 0. The quantitative estimate of drug-likeness (QED) is 0.724. The Morgan fingerprint density at radius 1 is 0.700 bits per heavy atom. The molecule has 3 fully saturated rings. The second-order valence-electron chi connectivity index (χ2n) is 6.49. The van der Waals surface area contributed by atoms with Crippen LogP contribution in [-0.4, -0.2) is 71.5 Å². The van der Waals surface area contributed by atoms with E-state index in [4.69, 9.17) is 0 Å². The van der Waals surface area contributed by atoms with Gasteiger partial charge in [0, 0.05) is 52.9 Å². The van der Waals surface area contributed by atoms with Crippen LogP contribution in [0.25, 0.3) is 0 Å². The molecular weight excluding hydrogens is 267 g/mol. The van der Waals surface area contributed by atoms with E-state index in [1.54, 1.807) is 0 Å². The summed E-state index contributed by atoms with van der Waals surface area (Å²) in [6.07, 6.45) is 8.42. The molecule has 0 spiro atoms. The zero-order chi connectivity index (χ0) is 14.0. The number of hydrogen-bond acceptors (Lipinski definition) is 4. The van der Waals surface area contributed by atoms with Crippen molar-refractivity contribution in [1.82, 2.24) is 18.7 Å². The standard InChI is InChI=1S/C15H32N4P/c1-3-16(2)20(17-10-4-5-11-17,18-12-6-7-13-18)19-14-8-9-15-19/h3-15H2,1-2H3/q+1. The van der Waals surface area contributed by atoms with E-state index >= 15 is 0 Å². The molecule has 4 nitrogen and oxygen atoms in total. The molecular formula is C15H32N4P+. The highest BCUT2D eigenvalue weighted by atomic mass is 31.2. The Balaban J connectivity index is 1.95. The average Bonchev–Trinajstić information content (AvgIpc) is 3.23. The lowest BCUT2D eigenvalue weighted by Gasteiger charge is -2.47. The summed E-state index contributed by atoms with van der Waals surface area (Å²) in [5.74, 6) is 0. The number of nitrogens with zero attached hydrogens (tertiary/aromatic N) is 4. The van der Waals surface area contributed by atoms with Crippen LogP contribution in [-0.2, 0) is 0 Å². The summed E-state index contributed by atoms with van der Waals surface area (Å²) in [5, 5.41) is 0. The molecule has 0 unspecified atom stereocenters. The maximum absolute atomic E-state index is 2.90. The number of rotatable bonds is 5. The van der Waals surface area contributed by atoms with Gasteiger partial charge in [-0.1, -0.05) is 0 Å². The summed E-state index contributed by atoms with van der Waals surface area (Å²) in [5.41, 5.74) is 0. The molecule has 0 aromatic heterocycles. The van der Waals surface area contributed by atoms with Crippen molar-refractivity contribution in [2.45, 2.75) is 45.4 Å². The van der Waals surface area contributed by atoms with Gasteiger partial charge in [0.15, 0.2) is 0 Å². The molecule has 3 rings (SSSR count). The summed E-state index contributed by atoms with van der Waals surface area (Å²) in [4.78, 5) is 0. The van der Waals surface area contributed by atoms with E-state index < -0.39 is 7.87 Å². The van der Waals surface area contributed by atoms with Crippen molar-refractivity contribution in [1.29, 1.82) is 0 Å². The topological polar surface area (TPSA) is 13.0 Å². The van der Waals surface area contributed by atoms with Gasteiger partial charge in [-0.25, -0.2) is 0 Å². The molecule has 3 heterocycles. The van der Waals surface area contributed by atoms with Gasteiger partial charge in [0.2, 0.25) is 0 Å². The fraction of sp³-hybridized carbons (Fsp3) is 1.00. The van der Waals surface area contributed by atoms with Crippen LogP contribution in [0.15, 0.2) is 0 Å². The zero-order valence-corrected chi connectivity index (χ0v) is 14.3. The maximum Gasteiger partial charge on any atom is 0.308 e. The Morgan fingerprint density at radius 2 is 1.00 bits per heavy atom. The lowest BCUT2D eigenvalue weighted by atomic mass is 10.4. The van der Waals surface area contributed by atoms with E-state index in [-0.39, 0.29) is 0 Å². The van der Waals surface area contributed by atoms with E-state index in [0.29, 0.717) is 0 Å². The molecule has 0 saturated carbocycles. The van der Waals surface area contributed by atoms with Crippen LogP contribution in [0.3, 0.4) is 0 Å². The lowest BCUT2D eigenvalue weighted by Crippen LogP contribution is -2.49. The molecule has 0 radical (unpaired) electrons. The van der Waals surface area contributed by atoms with Crippen LogP contribution < -0.4 is 0 Å². The molecule has 116 valence electrons. The van der Waals surface area contributed by atoms with Crippen LogP contribution in [0.5, 0.6) is 0 Å². The molecule has 3 aliphatic rings. The summed E-state index contributed by atoms with van der Waals surface area (Å²) in [6.45, 7) is 11.5. The molecule has 5 heteroatoms. The van der Waals surface area contributed by atoms with Crippen molar-refractivity contribution in [3.8, 4) is 0 Å². The van der Waals surface area contributed by atoms with Crippen LogP contribution in [0.2, 0.25) is 0 Å². The average molecular weight is 299 g/mol. The van der Waals surface area contributed by atoms with Crippen LogP contribution in [0.1, 0.15) is 45.4 Å². The Kier molecular flexibility index (Phi) is 4.99. The van der Waals surface area contributed by atoms with Gasteiger partial charge >= 0.3 is 7.87 Å². The fourth-order valence-corrected chi connectivity index (χ4v) is 9.49. The van der Waals surface area contributed by atoms with Gasteiger partial charge < -0.3 is 0 Å². The van der Waals surface area contributed by atoms with Crippen LogP contribution >= 0.6 is 7.87 Å². The highest BCUT2D eigenvalue weighted by Gasteiger charge is 2.61. The second-order valence-corrected chi connectivity index (χ2v) is 9.95. The Bertz CT molecular complexity index is 266. The van der Waals surface area contributed by atoms with Crippen molar-refractivity contribution in [3.63, 3.8) is 0 Å². The molecule has 0 atom stereocenters. The summed E-state index contributed by atoms with van der Waals surface area (Å²) in [6, 6.07) is 0. The first kappa shape index (κ1) is 15.2. The van der Waals surface area contributed by atoms with E-state index in [2.05, 4.69) is 32.7 Å². The van der Waals surface area contributed by atoms with Crippen molar-refractivity contribution >= 4 is 7.87 Å². The Labute approximate surface area is 125 Å². The van der Waals surface area contributed by atoms with Crippen LogP contribution in [0.4, 0.5) is 0 Å². The first-order valence-corrected chi connectivity index (χ1v) is 10.3. The predicted octanol–water partition coefficient (Wildman–Crippen LogP) is 2.90. The van der Waals surface area contributed by atoms with Crippen molar-refractivity contribution in [2.75, 3.05) is 52.9 Å². The minimum Gasteiger partial charge on any atom is -0.136 e. The summed E-state index contributed by atoms with van der Waals surface area (Å²) in [7, 11) is 0.995. The van der Waals surface area contributed by atoms with E-state index in [0.717, 1.165) is 0 Å². The first-order valence-electron chi connectivity index (χ1n) is 8.67. The van der Waals surface area contributed by atoms with Gasteiger partial charge in [-0.15, -0.1) is 18.7 Å². The molecule has 3 saturated heterocycles. The molecule has 3 aliphatic heterocycles. The van der Waals surface area contributed by atoms with E-state index in [1.807, 2.05) is 0 Å². The third kappa shape index (κ3) is 2.44. The zero-order valence-electron chi connectivity index (χ0n) is 13.4. The molecule has 0 N–H and O–H groups in total. The van der Waals surface area contributed by atoms with Crippen LogP contribution in [0, 0.1) is 0 Å². The fourth-order valence-electron chi connectivity index (χ4n) is 4.28. The Morgan fingerprint density at radius 3 is 1.25 bits per heavy atom. The monoisotopic (exact) mass is 299 g/mol. The smallest absolute Gasteiger partial charge is 0.136 e. The molecule has 0 aliphatic carbocycles. The second kappa shape index (κ2) is 6.58. The van der Waals surface area contributed by atoms with Crippen molar-refractivity contribution in [2.24, 2.45) is 0 Å². The van der Waals surface area contributed by atoms with Gasteiger partial charge in [-0.2, -0.15) is 0 Å². The Hall–Kier alpha value is 0.270. The van der Waals surface area contributed by atoms with Gasteiger partial charge in [0.1, 0.15) is 0 Å². The summed E-state index contributed by atoms with van der Waals surface area (Å²) >= 11 is 0. The highest BCUT2D eigenvalue weighted by molar-refractivity contribution is 7.66. The first-order chi connectivity index (χ1) is 9.80. The van der Waals surface area contributed by atoms with E-state index in [1.165, 1.54) is 84.3 Å². The van der Waals surface area contributed by atoms with Gasteiger partial charge in [-0.3, -0.25) is 0 Å². The molecule has 0 bridgehead atoms. The predicted molar refractivity (Wildman–Crippen MR) is 87.6 cm³/mol. The molecule has 0 amide bonds.